The number of halogens is 1. The van der Waals surface area contributed by atoms with Crippen LogP contribution in [0.25, 0.3) is 16.9 Å². The van der Waals surface area contributed by atoms with E-state index in [1.54, 1.807) is 16.8 Å². The first-order valence-electron chi connectivity index (χ1n) is 17.3. The molecule has 2 aromatic heterocycles. The minimum absolute atomic E-state index is 0.175. The van der Waals surface area contributed by atoms with Gasteiger partial charge < -0.3 is 25.4 Å². The first-order chi connectivity index (χ1) is 24.3. The molecule has 3 fully saturated rings. The van der Waals surface area contributed by atoms with Crippen LogP contribution in [0.4, 0.5) is 21.6 Å². The van der Waals surface area contributed by atoms with Gasteiger partial charge >= 0.3 is 0 Å². The maximum Gasteiger partial charge on any atom is 0.249 e. The van der Waals surface area contributed by atoms with Crippen molar-refractivity contribution in [3.63, 3.8) is 0 Å². The second-order valence-corrected chi connectivity index (χ2v) is 13.5. The van der Waals surface area contributed by atoms with Crippen molar-refractivity contribution >= 4 is 29.0 Å². The number of aromatic hydroxyl groups is 1. The molecule has 13 nitrogen and oxygen atoms in total. The first-order valence-corrected chi connectivity index (χ1v) is 17.3. The summed E-state index contributed by atoms with van der Waals surface area (Å²) in [5.74, 6) is -0.174. The molecule has 3 aliphatic heterocycles. The van der Waals surface area contributed by atoms with Crippen molar-refractivity contribution in [3.8, 4) is 28.4 Å². The summed E-state index contributed by atoms with van der Waals surface area (Å²) in [6, 6.07) is 12.4. The number of phenols is 1. The summed E-state index contributed by atoms with van der Waals surface area (Å²) in [6.45, 7) is 4.79. The number of amides is 2. The highest BCUT2D eigenvalue weighted by atomic mass is 19.1. The molecule has 1 atom stereocenters. The predicted octanol–water partition coefficient (Wildman–Crippen LogP) is 3.61. The lowest BCUT2D eigenvalue weighted by Crippen LogP contribution is -2.54. The third kappa shape index (κ3) is 5.97. The van der Waals surface area contributed by atoms with Crippen molar-refractivity contribution < 1.29 is 23.8 Å². The van der Waals surface area contributed by atoms with E-state index < -0.39 is 11.6 Å². The lowest BCUT2D eigenvalue weighted by Gasteiger charge is -2.43. The molecule has 4 N–H and O–H groups in total. The molecule has 1 aliphatic carbocycles. The zero-order chi connectivity index (χ0) is 34.4. The Morgan fingerprint density at radius 3 is 2.54 bits per heavy atom. The molecule has 0 bridgehead atoms. The van der Waals surface area contributed by atoms with Gasteiger partial charge in [-0.1, -0.05) is 18.2 Å². The lowest BCUT2D eigenvalue weighted by atomic mass is 9.80. The van der Waals surface area contributed by atoms with Crippen molar-refractivity contribution in [2.45, 2.75) is 56.5 Å². The predicted molar refractivity (Wildman–Crippen MR) is 185 cm³/mol. The summed E-state index contributed by atoms with van der Waals surface area (Å²) < 4.78 is 21.9. The SMILES string of the molecule is Nc1nnc(-c2cccc(F)c2O)cc1-n1cc(N2CCN([C@H]3CC[C@H](c4cccc5c4OCCN5[C@H]4CCC(=O)NC4=O)CC3)CC2)cn1. The Balaban J connectivity index is 0.886. The molecular weight excluding hydrogens is 641 g/mol. The Bertz CT molecular complexity index is 1920. The van der Waals surface area contributed by atoms with Crippen LogP contribution >= 0.6 is 0 Å². The zero-order valence-electron chi connectivity index (χ0n) is 27.7. The van der Waals surface area contributed by atoms with E-state index in [4.69, 9.17) is 10.5 Å². The van der Waals surface area contributed by atoms with Crippen LogP contribution in [0, 0.1) is 5.82 Å². The summed E-state index contributed by atoms with van der Waals surface area (Å²) >= 11 is 0. The summed E-state index contributed by atoms with van der Waals surface area (Å²) in [7, 11) is 0. The number of anilines is 3. The number of rotatable bonds is 6. The fourth-order valence-electron chi connectivity index (χ4n) is 8.05. The second-order valence-electron chi connectivity index (χ2n) is 13.5. The van der Waals surface area contributed by atoms with Crippen molar-refractivity contribution in [1.82, 2.24) is 30.2 Å². The topological polar surface area (TPSA) is 155 Å². The fourth-order valence-corrected chi connectivity index (χ4v) is 8.05. The van der Waals surface area contributed by atoms with Crippen LogP contribution in [-0.4, -0.2) is 93.2 Å². The maximum atomic E-state index is 14.0. The van der Waals surface area contributed by atoms with Crippen LogP contribution in [0.15, 0.2) is 54.9 Å². The number of para-hydroxylation sites is 2. The van der Waals surface area contributed by atoms with Crippen LogP contribution in [0.5, 0.6) is 11.5 Å². The van der Waals surface area contributed by atoms with Crippen molar-refractivity contribution in [2.75, 3.05) is 54.9 Å². The Morgan fingerprint density at radius 2 is 1.74 bits per heavy atom. The number of phenolic OH excluding ortho intramolecular Hbond substituents is 1. The minimum Gasteiger partial charge on any atom is -0.504 e. The number of nitrogens with two attached hydrogens (primary N) is 1. The number of carbonyl (C=O) groups is 2. The number of hydrogen-bond donors (Lipinski definition) is 3. The number of nitrogen functional groups attached to an aromatic ring is 1. The van der Waals surface area contributed by atoms with Gasteiger partial charge in [0.1, 0.15) is 24.1 Å². The molecule has 1 saturated carbocycles. The van der Waals surface area contributed by atoms with Gasteiger partial charge in [-0.2, -0.15) is 5.10 Å². The molecule has 2 amide bonds. The number of imide groups is 1. The number of ether oxygens (including phenoxy) is 1. The number of carbonyl (C=O) groups excluding carboxylic acids is 2. The maximum absolute atomic E-state index is 14.0. The molecule has 260 valence electrons. The normalized spacial score (nSPS) is 22.9. The molecule has 5 heterocycles. The van der Waals surface area contributed by atoms with E-state index in [0.717, 1.165) is 69.0 Å². The molecule has 2 saturated heterocycles. The van der Waals surface area contributed by atoms with Gasteiger partial charge in [0.2, 0.25) is 11.8 Å². The van der Waals surface area contributed by atoms with Gasteiger partial charge in [0.15, 0.2) is 17.4 Å². The molecule has 8 rings (SSSR count). The van der Waals surface area contributed by atoms with Gasteiger partial charge in [0, 0.05) is 44.2 Å². The fraction of sp³-hybridized carbons (Fsp3) is 0.417. The van der Waals surface area contributed by atoms with E-state index in [9.17, 15) is 19.1 Å². The van der Waals surface area contributed by atoms with Crippen molar-refractivity contribution in [3.05, 3.63) is 66.2 Å². The highest BCUT2D eigenvalue weighted by Gasteiger charge is 2.37. The first kappa shape index (κ1) is 32.0. The molecule has 0 spiro atoms. The van der Waals surface area contributed by atoms with Crippen molar-refractivity contribution in [2.24, 2.45) is 0 Å². The van der Waals surface area contributed by atoms with Gasteiger partial charge in [0.05, 0.1) is 36.0 Å². The number of piperidine rings is 1. The lowest BCUT2D eigenvalue weighted by molar-refractivity contribution is -0.134. The molecule has 14 heteroatoms. The van der Waals surface area contributed by atoms with E-state index in [-0.39, 0.29) is 29.2 Å². The number of nitrogens with zero attached hydrogens (tertiary/aromatic N) is 7. The summed E-state index contributed by atoms with van der Waals surface area (Å²) in [6.07, 6.45) is 8.98. The highest BCUT2D eigenvalue weighted by Crippen LogP contribution is 2.45. The minimum atomic E-state index is -0.736. The van der Waals surface area contributed by atoms with Gasteiger partial charge in [-0.25, -0.2) is 9.07 Å². The third-order valence-electron chi connectivity index (χ3n) is 10.7. The van der Waals surface area contributed by atoms with Crippen LogP contribution < -0.4 is 25.6 Å². The molecule has 4 aliphatic rings. The van der Waals surface area contributed by atoms with E-state index in [1.165, 1.54) is 17.7 Å². The smallest absolute Gasteiger partial charge is 0.249 e. The molecule has 4 aromatic rings. The van der Waals surface area contributed by atoms with Crippen molar-refractivity contribution in [1.29, 1.82) is 0 Å². The highest BCUT2D eigenvalue weighted by molar-refractivity contribution is 6.02. The summed E-state index contributed by atoms with van der Waals surface area (Å²) in [5.41, 5.74) is 10.3. The molecular formula is C36H40FN9O4. The van der Waals surface area contributed by atoms with E-state index in [2.05, 4.69) is 47.4 Å². The van der Waals surface area contributed by atoms with E-state index in [0.29, 0.717) is 49.3 Å². The summed E-state index contributed by atoms with van der Waals surface area (Å²) in [4.78, 5) is 31.5. The number of nitrogens with one attached hydrogen (secondary N) is 1. The van der Waals surface area contributed by atoms with E-state index >= 15 is 0 Å². The number of aromatic nitrogens is 4. The second kappa shape index (κ2) is 13.2. The monoisotopic (exact) mass is 681 g/mol. The van der Waals surface area contributed by atoms with E-state index in [1.807, 2.05) is 18.5 Å². The van der Waals surface area contributed by atoms with Gasteiger partial charge in [-0.15, -0.1) is 10.2 Å². The summed E-state index contributed by atoms with van der Waals surface area (Å²) in [5, 5.41) is 25.4. The average Bonchev–Trinajstić information content (AvgIpc) is 3.63. The molecule has 0 unspecified atom stereocenters. The number of fused-ring (bicyclic) bond motifs is 1. The molecule has 0 radical (unpaired) electrons. The molecule has 2 aromatic carbocycles. The zero-order valence-corrected chi connectivity index (χ0v) is 27.7. The van der Waals surface area contributed by atoms with Gasteiger partial charge in [-0.05, 0) is 67.9 Å². The Kier molecular flexibility index (Phi) is 8.47. The van der Waals surface area contributed by atoms with Crippen LogP contribution in [0.2, 0.25) is 0 Å². The Morgan fingerprint density at radius 1 is 0.940 bits per heavy atom. The largest absolute Gasteiger partial charge is 0.504 e. The Labute approximate surface area is 288 Å². The van der Waals surface area contributed by atoms with Gasteiger partial charge in [0.25, 0.3) is 0 Å². The number of benzene rings is 2. The standard InChI is InChI=1S/C36H40FN9O4/c37-27-5-1-4-26(33(27)48)28-19-31(35(38)42-41-28)46-21-24(20-39-46)44-15-13-43(14-16-44)23-9-7-22(8-10-23)25-3-2-6-29-34(25)50-18-17-45(29)30-11-12-32(47)40-36(30)49/h1-6,19-23,30,48H,7-18H2,(H2,38,42)(H,40,47,49)/t22-,23-,30-/m0/s1. The Hall–Kier alpha value is -5.24. The third-order valence-corrected chi connectivity index (χ3v) is 10.7. The quantitative estimate of drug-likeness (QED) is 0.256. The number of hydrogen-bond acceptors (Lipinski definition) is 11. The average molecular weight is 682 g/mol. The molecule has 50 heavy (non-hydrogen) atoms. The van der Waals surface area contributed by atoms with Crippen LogP contribution in [0.1, 0.15) is 50.0 Å². The number of piperazine rings is 1. The van der Waals surface area contributed by atoms with Crippen LogP contribution in [-0.2, 0) is 9.59 Å². The van der Waals surface area contributed by atoms with Gasteiger partial charge in [-0.3, -0.25) is 19.8 Å². The van der Waals surface area contributed by atoms with Crippen LogP contribution in [0.3, 0.4) is 0 Å².